The first-order chi connectivity index (χ1) is 7.77. The maximum absolute atomic E-state index is 11.6. The highest BCUT2D eigenvalue weighted by Crippen LogP contribution is 2.28. The molecule has 0 saturated heterocycles. The van der Waals surface area contributed by atoms with Crippen LogP contribution in [0.15, 0.2) is 0 Å². The predicted octanol–water partition coefficient (Wildman–Crippen LogP) is 2.20. The lowest BCUT2D eigenvalue weighted by Gasteiger charge is -2.31. The molecule has 1 fully saturated rings. The average Bonchev–Trinajstić information content (AvgIpc) is 2.29. The van der Waals surface area contributed by atoms with Crippen LogP contribution >= 0.6 is 11.8 Å². The van der Waals surface area contributed by atoms with Gasteiger partial charge in [0, 0.05) is 17.9 Å². The minimum absolute atomic E-state index is 0.0375. The third kappa shape index (κ3) is 4.74. The van der Waals surface area contributed by atoms with Crippen LogP contribution in [0.25, 0.3) is 0 Å². The van der Waals surface area contributed by atoms with Gasteiger partial charge < -0.3 is 10.1 Å². The first-order valence-corrected chi connectivity index (χ1v) is 7.31. The molecule has 0 radical (unpaired) electrons. The zero-order valence-corrected chi connectivity index (χ0v) is 11.1. The van der Waals surface area contributed by atoms with Crippen LogP contribution in [0.2, 0.25) is 0 Å². The zero-order valence-electron chi connectivity index (χ0n) is 10.3. The maximum Gasteiger partial charge on any atom is 0.246 e. The molecule has 1 aliphatic carbocycles. The van der Waals surface area contributed by atoms with Crippen LogP contribution in [0.3, 0.4) is 0 Å². The highest BCUT2D eigenvalue weighted by molar-refractivity contribution is 7.99. The number of amides is 1. The molecule has 0 aromatic rings. The summed E-state index contributed by atoms with van der Waals surface area (Å²) < 4.78 is 5.11. The van der Waals surface area contributed by atoms with Crippen molar-refractivity contribution in [2.24, 2.45) is 0 Å². The molecular formula is C12H23NO2S. The van der Waals surface area contributed by atoms with Crippen LogP contribution in [0.1, 0.15) is 39.5 Å². The molecule has 1 saturated carbocycles. The zero-order chi connectivity index (χ0) is 11.8. The van der Waals surface area contributed by atoms with Gasteiger partial charge in [-0.2, -0.15) is 11.8 Å². The second-order valence-corrected chi connectivity index (χ2v) is 5.61. The third-order valence-corrected chi connectivity index (χ3v) is 4.19. The highest BCUT2D eigenvalue weighted by Gasteiger charge is 2.26. The van der Waals surface area contributed by atoms with Gasteiger partial charge in [-0.1, -0.05) is 19.8 Å². The minimum Gasteiger partial charge on any atom is -0.372 e. The summed E-state index contributed by atoms with van der Waals surface area (Å²) in [6.45, 7) is 4.89. The van der Waals surface area contributed by atoms with Crippen molar-refractivity contribution in [3.8, 4) is 0 Å². The molecule has 0 heterocycles. The summed E-state index contributed by atoms with van der Waals surface area (Å²) in [4.78, 5) is 11.6. The summed E-state index contributed by atoms with van der Waals surface area (Å²) in [6, 6.07) is 0.353. The van der Waals surface area contributed by atoms with Crippen LogP contribution in [-0.4, -0.2) is 36.2 Å². The number of carbonyl (C=O) groups is 1. The summed E-state index contributed by atoms with van der Waals surface area (Å²) in [7, 11) is 0. The van der Waals surface area contributed by atoms with E-state index in [2.05, 4.69) is 12.2 Å². The van der Waals surface area contributed by atoms with E-state index in [1.54, 1.807) is 0 Å². The monoisotopic (exact) mass is 245 g/mol. The maximum atomic E-state index is 11.6. The van der Waals surface area contributed by atoms with E-state index in [-0.39, 0.29) is 12.5 Å². The van der Waals surface area contributed by atoms with Crippen molar-refractivity contribution in [2.45, 2.75) is 50.8 Å². The molecule has 1 aliphatic rings. The second-order valence-electron chi connectivity index (χ2n) is 4.09. The van der Waals surface area contributed by atoms with Gasteiger partial charge in [-0.05, 0) is 25.5 Å². The molecule has 1 N–H and O–H groups in total. The Balaban J connectivity index is 2.33. The van der Waals surface area contributed by atoms with E-state index in [0.717, 1.165) is 12.2 Å². The summed E-state index contributed by atoms with van der Waals surface area (Å²) in [5, 5.41) is 3.71. The Hall–Kier alpha value is -0.220. The second kappa shape index (κ2) is 7.96. The largest absolute Gasteiger partial charge is 0.372 e. The molecule has 16 heavy (non-hydrogen) atoms. The van der Waals surface area contributed by atoms with Gasteiger partial charge in [-0.3, -0.25) is 4.79 Å². The lowest BCUT2D eigenvalue weighted by Crippen LogP contribution is -2.45. The molecule has 0 aromatic heterocycles. The van der Waals surface area contributed by atoms with Gasteiger partial charge in [0.1, 0.15) is 6.61 Å². The Kier molecular flexibility index (Phi) is 6.88. The number of rotatable bonds is 6. The minimum atomic E-state index is 0.0375. The van der Waals surface area contributed by atoms with Crippen molar-refractivity contribution >= 4 is 17.7 Å². The number of ether oxygens (including phenoxy) is 1. The standard InChI is InChI=1S/C12H23NO2S/c1-3-15-9-12(14)13-10-7-5-6-8-11(10)16-4-2/h10-11H,3-9H2,1-2H3,(H,13,14)/t10-,11+/m0/s1. The van der Waals surface area contributed by atoms with E-state index in [1.165, 1.54) is 19.3 Å². The molecule has 3 nitrogen and oxygen atoms in total. The summed E-state index contributed by atoms with van der Waals surface area (Å²) in [6.07, 6.45) is 4.89. The molecule has 0 bridgehead atoms. The summed E-state index contributed by atoms with van der Waals surface area (Å²) >= 11 is 1.97. The third-order valence-electron chi connectivity index (χ3n) is 2.87. The Morgan fingerprint density at radius 2 is 2.12 bits per heavy atom. The van der Waals surface area contributed by atoms with Gasteiger partial charge in [0.05, 0.1) is 0 Å². The Morgan fingerprint density at radius 1 is 1.38 bits per heavy atom. The fourth-order valence-corrected chi connectivity index (χ4v) is 3.32. The van der Waals surface area contributed by atoms with E-state index >= 15 is 0 Å². The van der Waals surface area contributed by atoms with Crippen LogP contribution in [-0.2, 0) is 9.53 Å². The van der Waals surface area contributed by atoms with Gasteiger partial charge in [0.2, 0.25) is 5.91 Å². The molecule has 4 heteroatoms. The number of thioether (sulfide) groups is 1. The number of hydrogen-bond donors (Lipinski definition) is 1. The van der Waals surface area contributed by atoms with Gasteiger partial charge in [0.15, 0.2) is 0 Å². The lowest BCUT2D eigenvalue weighted by atomic mass is 9.95. The molecule has 0 aromatic carbocycles. The van der Waals surface area contributed by atoms with Gasteiger partial charge in [-0.25, -0.2) is 0 Å². The Labute approximate surface area is 103 Å². The molecule has 0 unspecified atom stereocenters. The van der Waals surface area contributed by atoms with Crippen molar-refractivity contribution in [2.75, 3.05) is 19.0 Å². The predicted molar refractivity (Wildman–Crippen MR) is 68.8 cm³/mol. The van der Waals surface area contributed by atoms with Crippen LogP contribution in [0.5, 0.6) is 0 Å². The molecule has 2 atom stereocenters. The van der Waals surface area contributed by atoms with Gasteiger partial charge >= 0.3 is 0 Å². The van der Waals surface area contributed by atoms with Gasteiger partial charge in [-0.15, -0.1) is 0 Å². The molecule has 1 rings (SSSR count). The normalized spacial score (nSPS) is 25.4. The van der Waals surface area contributed by atoms with Crippen LogP contribution in [0.4, 0.5) is 0 Å². The van der Waals surface area contributed by atoms with E-state index < -0.39 is 0 Å². The first kappa shape index (κ1) is 13.8. The van der Waals surface area contributed by atoms with E-state index in [1.807, 2.05) is 18.7 Å². The summed E-state index contributed by atoms with van der Waals surface area (Å²) in [5.74, 6) is 1.16. The Bertz CT molecular complexity index is 209. The van der Waals surface area contributed by atoms with Crippen molar-refractivity contribution in [3.05, 3.63) is 0 Å². The van der Waals surface area contributed by atoms with Crippen molar-refractivity contribution in [1.82, 2.24) is 5.32 Å². The molecule has 0 spiro atoms. The fraction of sp³-hybridized carbons (Fsp3) is 0.917. The van der Waals surface area contributed by atoms with E-state index in [4.69, 9.17) is 4.74 Å². The number of hydrogen-bond acceptors (Lipinski definition) is 3. The quantitative estimate of drug-likeness (QED) is 0.779. The molecule has 1 amide bonds. The fourth-order valence-electron chi connectivity index (χ4n) is 2.12. The summed E-state index contributed by atoms with van der Waals surface area (Å²) in [5.41, 5.74) is 0. The lowest BCUT2D eigenvalue weighted by molar-refractivity contribution is -0.126. The van der Waals surface area contributed by atoms with E-state index in [0.29, 0.717) is 17.9 Å². The molecular weight excluding hydrogens is 222 g/mol. The van der Waals surface area contributed by atoms with Gasteiger partial charge in [0.25, 0.3) is 0 Å². The number of carbonyl (C=O) groups excluding carboxylic acids is 1. The Morgan fingerprint density at radius 3 is 2.81 bits per heavy atom. The van der Waals surface area contributed by atoms with E-state index in [9.17, 15) is 4.79 Å². The number of nitrogens with one attached hydrogen (secondary N) is 1. The van der Waals surface area contributed by atoms with Crippen molar-refractivity contribution in [1.29, 1.82) is 0 Å². The topological polar surface area (TPSA) is 38.3 Å². The van der Waals surface area contributed by atoms with Crippen molar-refractivity contribution in [3.63, 3.8) is 0 Å². The van der Waals surface area contributed by atoms with Crippen LogP contribution < -0.4 is 5.32 Å². The highest BCUT2D eigenvalue weighted by atomic mass is 32.2. The smallest absolute Gasteiger partial charge is 0.246 e. The molecule has 94 valence electrons. The SMILES string of the molecule is CCOCC(=O)N[C@H]1CCCC[C@H]1SCC. The average molecular weight is 245 g/mol. The molecule has 0 aliphatic heterocycles. The first-order valence-electron chi connectivity index (χ1n) is 6.26. The van der Waals surface area contributed by atoms with Crippen LogP contribution in [0, 0.1) is 0 Å². The van der Waals surface area contributed by atoms with Crippen molar-refractivity contribution < 1.29 is 9.53 Å².